The average molecular weight is 230 g/mol. The highest BCUT2D eigenvalue weighted by molar-refractivity contribution is 5.74. The Morgan fingerprint density at radius 1 is 1.18 bits per heavy atom. The molecule has 1 aromatic carbocycles. The first-order chi connectivity index (χ1) is 8.24. The van der Waals surface area contributed by atoms with Crippen molar-refractivity contribution in [3.8, 4) is 0 Å². The largest absolute Gasteiger partial charge is 0.481 e. The van der Waals surface area contributed by atoms with E-state index in [0.29, 0.717) is 5.92 Å². The molecule has 0 spiro atoms. The predicted molar refractivity (Wildman–Crippen MR) is 65.8 cm³/mol. The van der Waals surface area contributed by atoms with Gasteiger partial charge in [0.15, 0.2) is 0 Å². The van der Waals surface area contributed by atoms with Crippen molar-refractivity contribution in [2.75, 3.05) is 0 Å². The molecule has 2 nitrogen and oxygen atoms in total. The molecule has 1 aromatic rings. The normalized spacial score (nSPS) is 30.1. The van der Waals surface area contributed by atoms with Crippen molar-refractivity contribution in [3.63, 3.8) is 0 Å². The van der Waals surface area contributed by atoms with Crippen LogP contribution in [0.3, 0.4) is 0 Å². The molecule has 2 heteroatoms. The molecule has 2 saturated carbocycles. The molecular weight excluding hydrogens is 212 g/mol. The summed E-state index contributed by atoms with van der Waals surface area (Å²) in [6, 6.07) is 10.6. The molecule has 3 rings (SSSR count). The molecule has 2 fully saturated rings. The second-order valence-corrected chi connectivity index (χ2v) is 5.52. The number of hydrogen-bond donors (Lipinski definition) is 1. The quantitative estimate of drug-likeness (QED) is 0.865. The van der Waals surface area contributed by atoms with E-state index in [4.69, 9.17) is 5.11 Å². The summed E-state index contributed by atoms with van der Waals surface area (Å²) in [5.74, 6) is -0.310. The Hall–Kier alpha value is -1.31. The fourth-order valence-corrected chi connectivity index (χ4v) is 3.73. The summed E-state index contributed by atoms with van der Waals surface area (Å²) < 4.78 is 0. The Bertz CT molecular complexity index is 418. The third kappa shape index (κ3) is 1.67. The maximum Gasteiger partial charge on any atom is 0.306 e. The van der Waals surface area contributed by atoms with Gasteiger partial charge in [0, 0.05) is 0 Å². The molecule has 0 amide bonds. The van der Waals surface area contributed by atoms with Gasteiger partial charge >= 0.3 is 5.97 Å². The number of aliphatic carboxylic acids is 1. The van der Waals surface area contributed by atoms with Crippen LogP contribution in [-0.4, -0.2) is 11.1 Å². The molecule has 90 valence electrons. The lowest BCUT2D eigenvalue weighted by Gasteiger charge is -2.30. The van der Waals surface area contributed by atoms with E-state index in [9.17, 15) is 4.79 Å². The Labute approximate surface area is 102 Å². The van der Waals surface area contributed by atoms with E-state index in [1.165, 1.54) is 31.2 Å². The molecule has 1 N–H and O–H groups in total. The third-order valence-electron chi connectivity index (χ3n) is 4.66. The van der Waals surface area contributed by atoms with E-state index in [2.05, 4.69) is 24.3 Å². The molecule has 0 aliphatic heterocycles. The number of rotatable bonds is 3. The van der Waals surface area contributed by atoms with E-state index in [1.54, 1.807) is 0 Å². The fourth-order valence-electron chi connectivity index (χ4n) is 3.73. The van der Waals surface area contributed by atoms with Crippen LogP contribution in [0.15, 0.2) is 30.3 Å². The number of carbonyl (C=O) groups is 1. The summed E-state index contributed by atoms with van der Waals surface area (Å²) in [6.07, 6.45) is 5.72. The summed E-state index contributed by atoms with van der Waals surface area (Å²) in [7, 11) is 0. The van der Waals surface area contributed by atoms with Gasteiger partial charge in [-0.1, -0.05) is 43.2 Å². The Kier molecular flexibility index (Phi) is 2.46. The third-order valence-corrected chi connectivity index (χ3v) is 4.66. The Morgan fingerprint density at radius 3 is 2.35 bits per heavy atom. The summed E-state index contributed by atoms with van der Waals surface area (Å²) in [6.45, 7) is 0. The molecule has 0 heterocycles. The molecule has 0 radical (unpaired) electrons. The maximum atomic E-state index is 11.1. The van der Waals surface area contributed by atoms with Gasteiger partial charge in [-0.3, -0.25) is 4.79 Å². The fraction of sp³-hybridized carbons (Fsp3) is 0.533. The summed E-state index contributed by atoms with van der Waals surface area (Å²) in [4.78, 5) is 11.1. The zero-order valence-corrected chi connectivity index (χ0v) is 9.93. The molecular formula is C15H18O2. The zero-order valence-electron chi connectivity index (χ0n) is 9.93. The van der Waals surface area contributed by atoms with Crippen molar-refractivity contribution in [1.82, 2.24) is 0 Å². The van der Waals surface area contributed by atoms with Gasteiger partial charge in [0.2, 0.25) is 0 Å². The highest BCUT2D eigenvalue weighted by atomic mass is 16.4. The van der Waals surface area contributed by atoms with Crippen LogP contribution in [-0.2, 0) is 10.2 Å². The van der Waals surface area contributed by atoms with Crippen molar-refractivity contribution in [3.05, 3.63) is 35.9 Å². The number of carboxylic acid groups (broad SMARTS) is 1. The van der Waals surface area contributed by atoms with E-state index < -0.39 is 5.97 Å². The lowest BCUT2D eigenvalue weighted by atomic mass is 9.74. The van der Waals surface area contributed by atoms with Crippen LogP contribution >= 0.6 is 0 Å². The minimum Gasteiger partial charge on any atom is -0.481 e. The van der Waals surface area contributed by atoms with Crippen LogP contribution in [0.2, 0.25) is 0 Å². The van der Waals surface area contributed by atoms with Crippen LogP contribution < -0.4 is 0 Å². The predicted octanol–water partition coefficient (Wildman–Crippen LogP) is 3.22. The minimum atomic E-state index is -0.600. The zero-order chi connectivity index (χ0) is 11.9. The first kappa shape index (κ1) is 10.8. The van der Waals surface area contributed by atoms with Gasteiger partial charge < -0.3 is 5.11 Å². The molecule has 2 aliphatic rings. The van der Waals surface area contributed by atoms with Gasteiger partial charge in [-0.05, 0) is 36.2 Å². The van der Waals surface area contributed by atoms with Crippen molar-refractivity contribution < 1.29 is 9.90 Å². The highest BCUT2D eigenvalue weighted by Crippen LogP contribution is 2.59. The van der Waals surface area contributed by atoms with Gasteiger partial charge in [0.05, 0.1) is 5.92 Å². The number of hydrogen-bond acceptors (Lipinski definition) is 1. The lowest BCUT2D eigenvalue weighted by Crippen LogP contribution is -2.26. The van der Waals surface area contributed by atoms with Crippen molar-refractivity contribution in [2.45, 2.75) is 37.5 Å². The summed E-state index contributed by atoms with van der Waals surface area (Å²) in [5.41, 5.74) is 1.54. The van der Waals surface area contributed by atoms with Gasteiger partial charge in [-0.2, -0.15) is 0 Å². The SMILES string of the molecule is O=C(O)[C@@H]1C[C@H]1C1(c2ccccc2)CCCC1. The standard InChI is InChI=1S/C15H18O2/c16-14(17)12-10-13(12)15(8-4-5-9-15)11-6-2-1-3-7-11/h1-3,6-7,12-13H,4-5,8-10H2,(H,16,17)/t12-,13-/m1/s1. The summed E-state index contributed by atoms with van der Waals surface area (Å²) >= 11 is 0. The van der Waals surface area contributed by atoms with Gasteiger partial charge in [-0.25, -0.2) is 0 Å². The molecule has 2 aliphatic carbocycles. The minimum absolute atomic E-state index is 0.0895. The highest BCUT2D eigenvalue weighted by Gasteiger charge is 2.57. The first-order valence-corrected chi connectivity index (χ1v) is 6.52. The van der Waals surface area contributed by atoms with Gasteiger partial charge in [-0.15, -0.1) is 0 Å². The monoisotopic (exact) mass is 230 g/mol. The Morgan fingerprint density at radius 2 is 1.82 bits per heavy atom. The van der Waals surface area contributed by atoms with E-state index in [1.807, 2.05) is 6.07 Å². The van der Waals surface area contributed by atoms with Crippen molar-refractivity contribution in [1.29, 1.82) is 0 Å². The first-order valence-electron chi connectivity index (χ1n) is 6.52. The second kappa shape index (κ2) is 3.86. The summed E-state index contributed by atoms with van der Waals surface area (Å²) in [5, 5.41) is 9.15. The molecule has 0 saturated heterocycles. The van der Waals surface area contributed by atoms with Crippen LogP contribution in [0, 0.1) is 11.8 Å². The lowest BCUT2D eigenvalue weighted by molar-refractivity contribution is -0.139. The van der Waals surface area contributed by atoms with Crippen LogP contribution in [0.5, 0.6) is 0 Å². The van der Waals surface area contributed by atoms with E-state index in [-0.39, 0.29) is 11.3 Å². The number of benzene rings is 1. The number of carboxylic acids is 1. The molecule has 17 heavy (non-hydrogen) atoms. The van der Waals surface area contributed by atoms with E-state index >= 15 is 0 Å². The maximum absolute atomic E-state index is 11.1. The van der Waals surface area contributed by atoms with Crippen LogP contribution in [0.1, 0.15) is 37.7 Å². The molecule has 2 atom stereocenters. The van der Waals surface area contributed by atoms with E-state index in [0.717, 1.165) is 6.42 Å². The van der Waals surface area contributed by atoms with Crippen LogP contribution in [0.4, 0.5) is 0 Å². The molecule has 0 bridgehead atoms. The topological polar surface area (TPSA) is 37.3 Å². The smallest absolute Gasteiger partial charge is 0.306 e. The van der Waals surface area contributed by atoms with Crippen molar-refractivity contribution >= 4 is 5.97 Å². The second-order valence-electron chi connectivity index (χ2n) is 5.52. The average Bonchev–Trinajstić information content (AvgIpc) is 3.02. The van der Waals surface area contributed by atoms with Gasteiger partial charge in [0.1, 0.15) is 0 Å². The van der Waals surface area contributed by atoms with Crippen LogP contribution in [0.25, 0.3) is 0 Å². The Balaban J connectivity index is 1.93. The van der Waals surface area contributed by atoms with Gasteiger partial charge in [0.25, 0.3) is 0 Å². The molecule has 0 aromatic heterocycles. The molecule has 0 unspecified atom stereocenters. The van der Waals surface area contributed by atoms with Crippen molar-refractivity contribution in [2.24, 2.45) is 11.8 Å².